The molecule has 0 saturated heterocycles. The van der Waals surface area contributed by atoms with Crippen LogP contribution in [-0.2, 0) is 11.4 Å². The Morgan fingerprint density at radius 1 is 1.10 bits per heavy atom. The third kappa shape index (κ3) is 9.62. The van der Waals surface area contributed by atoms with Crippen LogP contribution in [0.5, 0.6) is 5.75 Å². The molecule has 0 aromatic heterocycles. The summed E-state index contributed by atoms with van der Waals surface area (Å²) in [5.74, 6) is -0.649. The Hall–Kier alpha value is -1.38. The van der Waals surface area contributed by atoms with Crippen molar-refractivity contribution in [2.45, 2.75) is 47.3 Å². The van der Waals surface area contributed by atoms with E-state index in [1.54, 1.807) is 25.3 Å². The number of methoxy groups -OCH3 is 1. The summed E-state index contributed by atoms with van der Waals surface area (Å²) < 4.78 is 33.4. The number of hydrogen-bond acceptors (Lipinski definition) is 5. The van der Waals surface area contributed by atoms with E-state index in [9.17, 15) is 8.78 Å². The number of thiol groups is 1. The van der Waals surface area contributed by atoms with Gasteiger partial charge in [0.15, 0.2) is 0 Å². The van der Waals surface area contributed by atoms with Gasteiger partial charge in [0.2, 0.25) is 0 Å². The van der Waals surface area contributed by atoms with Gasteiger partial charge in [0, 0.05) is 31.3 Å². The van der Waals surface area contributed by atoms with E-state index in [-0.39, 0.29) is 6.54 Å². The highest BCUT2D eigenvalue weighted by Gasteiger charge is 2.22. The second-order valence-corrected chi connectivity index (χ2v) is 6.38. The Morgan fingerprint density at radius 2 is 1.70 bits per heavy atom. The lowest BCUT2D eigenvalue weighted by Crippen LogP contribution is -2.27. The summed E-state index contributed by atoms with van der Waals surface area (Å²) in [5.41, 5.74) is 1.16. The van der Waals surface area contributed by atoms with Crippen molar-refractivity contribution in [1.29, 1.82) is 0 Å². The number of rotatable bonds is 9. The molecule has 0 saturated carbocycles. The maximum absolute atomic E-state index is 13.3. The summed E-state index contributed by atoms with van der Waals surface area (Å²) in [7, 11) is 1.55. The molecule has 2 rings (SSSR count). The van der Waals surface area contributed by atoms with Crippen LogP contribution in [0.25, 0.3) is 0 Å². The molecule has 170 valence electrons. The maximum atomic E-state index is 13.3. The van der Waals surface area contributed by atoms with Gasteiger partial charge in [-0.3, -0.25) is 4.84 Å². The number of nitrogens with one attached hydrogen (secondary N) is 1. The van der Waals surface area contributed by atoms with Gasteiger partial charge in [-0.25, -0.2) is 8.78 Å². The third-order valence-electron chi connectivity index (χ3n) is 3.66. The molecule has 30 heavy (non-hydrogen) atoms. The van der Waals surface area contributed by atoms with Crippen LogP contribution in [0.3, 0.4) is 0 Å². The topological polar surface area (TPSA) is 33.7 Å². The molecule has 0 spiro atoms. The van der Waals surface area contributed by atoms with Gasteiger partial charge in [-0.1, -0.05) is 58.2 Å². The Labute approximate surface area is 190 Å². The maximum Gasteiger partial charge on any atom is 0.126 e. The summed E-state index contributed by atoms with van der Waals surface area (Å²) in [4.78, 5) is 5.82. The second kappa shape index (κ2) is 16.3. The Morgan fingerprint density at radius 3 is 2.23 bits per heavy atom. The van der Waals surface area contributed by atoms with Gasteiger partial charge in [-0.15, -0.1) is 4.47 Å². The predicted molar refractivity (Wildman–Crippen MR) is 124 cm³/mol. The molecule has 1 atom stereocenters. The highest BCUT2D eigenvalue weighted by Crippen LogP contribution is 2.34. The minimum absolute atomic E-state index is 0.264. The summed E-state index contributed by atoms with van der Waals surface area (Å²) in [6, 6.07) is 8.70. The summed E-state index contributed by atoms with van der Waals surface area (Å²) in [5, 5.41) is 3.62. The highest BCUT2D eigenvalue weighted by molar-refractivity contribution is 7.77. The van der Waals surface area contributed by atoms with Gasteiger partial charge in [0.25, 0.3) is 0 Å². The normalized spacial score (nSPS) is 11.2. The molecule has 0 fully saturated rings. The van der Waals surface area contributed by atoms with Gasteiger partial charge < -0.3 is 10.1 Å². The Kier molecular flexibility index (Phi) is 15.6. The minimum Gasteiger partial charge on any atom is -0.496 e. The van der Waals surface area contributed by atoms with E-state index in [0.717, 1.165) is 6.07 Å². The van der Waals surface area contributed by atoms with Crippen molar-refractivity contribution >= 4 is 24.4 Å². The quantitative estimate of drug-likeness (QED) is 0.324. The van der Waals surface area contributed by atoms with E-state index in [1.165, 1.54) is 16.6 Å². The molecule has 0 bridgehead atoms. The second-order valence-electron chi connectivity index (χ2n) is 5.53. The average molecular weight is 463 g/mol. The number of ether oxygens (including phenoxy) is 1. The van der Waals surface area contributed by atoms with Gasteiger partial charge >= 0.3 is 0 Å². The van der Waals surface area contributed by atoms with Gasteiger partial charge in [0.1, 0.15) is 23.5 Å². The number of nitrogens with zero attached hydrogens (tertiary/aromatic N) is 1. The first-order chi connectivity index (χ1) is 14.4. The van der Waals surface area contributed by atoms with Crippen LogP contribution in [-0.4, -0.2) is 24.7 Å². The first-order valence-electron chi connectivity index (χ1n) is 10.1. The number of hydroxylamine groups is 1. The van der Waals surface area contributed by atoms with E-state index in [2.05, 4.69) is 18.1 Å². The molecule has 0 aliphatic rings. The monoisotopic (exact) mass is 462 g/mol. The molecule has 0 aliphatic heterocycles. The van der Waals surface area contributed by atoms with Gasteiger partial charge in [-0.05, 0) is 36.8 Å². The molecular weight excluding hydrogens is 430 g/mol. The van der Waals surface area contributed by atoms with Gasteiger partial charge in [0.05, 0.1) is 12.1 Å². The van der Waals surface area contributed by atoms with E-state index in [1.807, 2.05) is 34.6 Å². The van der Waals surface area contributed by atoms with Crippen molar-refractivity contribution < 1.29 is 18.4 Å². The van der Waals surface area contributed by atoms with E-state index in [0.29, 0.717) is 35.0 Å². The molecule has 0 aliphatic carbocycles. The molecule has 1 unspecified atom stereocenters. The zero-order chi connectivity index (χ0) is 23.1. The molecule has 4 nitrogen and oxygen atoms in total. The Balaban J connectivity index is 0.00000198. The largest absolute Gasteiger partial charge is 0.496 e. The van der Waals surface area contributed by atoms with Crippen molar-refractivity contribution in [3.05, 3.63) is 64.2 Å². The molecule has 0 amide bonds. The van der Waals surface area contributed by atoms with E-state index in [4.69, 9.17) is 21.2 Å². The number of benzene rings is 2. The molecule has 8 heteroatoms. The SMILES string of the molecule is CC.CC.CCN(S)OC(CNCc1cc(F)cc(F)c1)c1c(Cl)cccc1OC. The van der Waals surface area contributed by atoms with Crippen LogP contribution >= 0.6 is 24.4 Å². The standard InChI is InChI=1S/C18H21ClF2N2O2S.2C2H6/c1-3-23(26)25-17(18-15(19)5-4-6-16(18)24-2)11-22-10-12-7-13(20)9-14(21)8-12;2*1-2/h4-9,17,22,26H,3,10-11H2,1-2H3;2*1-2H3. The molecule has 0 heterocycles. The fourth-order valence-corrected chi connectivity index (χ4v) is 2.88. The number of hydrogen-bond donors (Lipinski definition) is 2. The Bertz CT molecular complexity index is 718. The molecule has 0 radical (unpaired) electrons. The van der Waals surface area contributed by atoms with Gasteiger partial charge in [-0.2, -0.15) is 0 Å². The first kappa shape index (κ1) is 28.6. The smallest absolute Gasteiger partial charge is 0.126 e. The van der Waals surface area contributed by atoms with Crippen molar-refractivity contribution in [3.8, 4) is 5.75 Å². The molecule has 2 aromatic rings. The molecule has 1 N–H and O–H groups in total. The van der Waals surface area contributed by atoms with Crippen LogP contribution in [0.15, 0.2) is 36.4 Å². The van der Waals surface area contributed by atoms with Crippen molar-refractivity contribution in [2.24, 2.45) is 0 Å². The van der Waals surface area contributed by atoms with Crippen molar-refractivity contribution in [3.63, 3.8) is 0 Å². The lowest BCUT2D eigenvalue weighted by Gasteiger charge is -2.25. The zero-order valence-corrected chi connectivity index (χ0v) is 20.2. The summed E-state index contributed by atoms with van der Waals surface area (Å²) in [6.07, 6.45) is -0.505. The van der Waals surface area contributed by atoms with Crippen LogP contribution in [0, 0.1) is 11.6 Å². The third-order valence-corrected chi connectivity index (χ3v) is 4.36. The van der Waals surface area contributed by atoms with Crippen LogP contribution in [0.1, 0.15) is 51.8 Å². The summed E-state index contributed by atoms with van der Waals surface area (Å²) >= 11 is 10.6. The van der Waals surface area contributed by atoms with E-state index >= 15 is 0 Å². The van der Waals surface area contributed by atoms with E-state index < -0.39 is 17.7 Å². The average Bonchev–Trinajstić information content (AvgIpc) is 2.75. The highest BCUT2D eigenvalue weighted by atomic mass is 35.5. The lowest BCUT2D eigenvalue weighted by molar-refractivity contribution is -0.122. The minimum atomic E-state index is -0.616. The first-order valence-corrected chi connectivity index (χ1v) is 10.8. The molecule has 2 aromatic carbocycles. The zero-order valence-electron chi connectivity index (χ0n) is 18.5. The molecular formula is C22H33ClF2N2O2S. The van der Waals surface area contributed by atoms with Crippen molar-refractivity contribution in [1.82, 2.24) is 9.79 Å². The van der Waals surface area contributed by atoms with Crippen LogP contribution < -0.4 is 10.1 Å². The predicted octanol–water partition coefficient (Wildman–Crippen LogP) is 6.61. The fourth-order valence-electron chi connectivity index (χ4n) is 2.48. The fraction of sp³-hybridized carbons (Fsp3) is 0.455. The van der Waals surface area contributed by atoms with Crippen LogP contribution in [0.2, 0.25) is 5.02 Å². The summed E-state index contributed by atoms with van der Waals surface area (Å²) in [6.45, 7) is 11.0. The van der Waals surface area contributed by atoms with Crippen molar-refractivity contribution in [2.75, 3.05) is 20.2 Å². The van der Waals surface area contributed by atoms with Crippen LogP contribution in [0.4, 0.5) is 8.78 Å². The number of halogens is 3. The lowest BCUT2D eigenvalue weighted by atomic mass is 10.1.